The summed E-state index contributed by atoms with van der Waals surface area (Å²) in [5.41, 5.74) is -0.452. The van der Waals surface area contributed by atoms with E-state index in [-0.39, 0.29) is 10.2 Å². The lowest BCUT2D eigenvalue weighted by molar-refractivity contribution is -0.113. The minimum atomic E-state index is -0.827. The lowest BCUT2D eigenvalue weighted by Gasteiger charge is -2.06. The van der Waals surface area contributed by atoms with E-state index in [1.54, 1.807) is 0 Å². The largest absolute Gasteiger partial charge is 0.320 e. The number of thiol groups is 1. The average molecular weight is 282 g/mol. The fourth-order valence-electron chi connectivity index (χ4n) is 0.841. The molecule has 1 amide bonds. The lowest BCUT2D eigenvalue weighted by atomic mass is 10.3. The maximum Gasteiger partial charge on any atom is 0.234 e. The molecule has 1 aromatic carbocycles. The van der Waals surface area contributed by atoms with Crippen LogP contribution in [-0.4, -0.2) is 11.7 Å². The summed E-state index contributed by atoms with van der Waals surface area (Å²) in [5.74, 6) is -2.35. The van der Waals surface area contributed by atoms with Crippen LogP contribution < -0.4 is 5.32 Å². The molecule has 1 aromatic rings. The van der Waals surface area contributed by atoms with Crippen molar-refractivity contribution in [1.29, 1.82) is 0 Å². The third-order valence-corrected chi connectivity index (χ3v) is 2.16. The predicted octanol–water partition coefficient (Wildman–Crippen LogP) is 2.60. The fourth-order valence-corrected chi connectivity index (χ4v) is 1.32. The highest BCUT2D eigenvalue weighted by atomic mass is 79.9. The number of carbonyl (C=O) groups is 1. The maximum atomic E-state index is 13.1. The van der Waals surface area contributed by atoms with Crippen molar-refractivity contribution in [2.75, 3.05) is 11.1 Å². The number of benzene rings is 1. The molecule has 6 heteroatoms. The van der Waals surface area contributed by atoms with Crippen LogP contribution in [0, 0.1) is 11.6 Å². The molecule has 0 unspecified atom stereocenters. The zero-order valence-corrected chi connectivity index (χ0v) is 9.33. The second kappa shape index (κ2) is 4.75. The summed E-state index contributed by atoms with van der Waals surface area (Å²) in [6.45, 7) is 0. The average Bonchev–Trinajstić information content (AvgIpc) is 2.10. The number of hydrogen-bond donors (Lipinski definition) is 2. The van der Waals surface area contributed by atoms with E-state index < -0.39 is 23.2 Å². The molecule has 14 heavy (non-hydrogen) atoms. The van der Waals surface area contributed by atoms with Gasteiger partial charge in [0.05, 0.1) is 5.75 Å². The molecule has 0 fully saturated rings. The van der Waals surface area contributed by atoms with E-state index in [0.717, 1.165) is 12.1 Å². The van der Waals surface area contributed by atoms with Crippen LogP contribution in [0.5, 0.6) is 0 Å². The first-order valence-corrected chi connectivity index (χ1v) is 5.02. The minimum absolute atomic E-state index is 0.130. The van der Waals surface area contributed by atoms with Gasteiger partial charge in [-0.3, -0.25) is 4.79 Å². The predicted molar refractivity (Wildman–Crippen MR) is 56.5 cm³/mol. The molecule has 76 valence electrons. The third-order valence-electron chi connectivity index (χ3n) is 1.41. The van der Waals surface area contributed by atoms with E-state index in [9.17, 15) is 13.6 Å². The maximum absolute atomic E-state index is 13.1. The number of amides is 1. The quantitative estimate of drug-likeness (QED) is 0.802. The van der Waals surface area contributed by atoms with Gasteiger partial charge >= 0.3 is 0 Å². The summed E-state index contributed by atoms with van der Waals surface area (Å²) in [6.07, 6.45) is 0. The molecular weight excluding hydrogens is 276 g/mol. The topological polar surface area (TPSA) is 29.1 Å². The Hall–Kier alpha value is -0.620. The number of halogens is 3. The van der Waals surface area contributed by atoms with Crippen molar-refractivity contribution in [1.82, 2.24) is 0 Å². The van der Waals surface area contributed by atoms with Crippen LogP contribution >= 0.6 is 28.6 Å². The van der Waals surface area contributed by atoms with Crippen LogP contribution in [-0.2, 0) is 4.79 Å². The van der Waals surface area contributed by atoms with Crippen molar-refractivity contribution in [2.45, 2.75) is 0 Å². The Labute approximate surface area is 93.2 Å². The van der Waals surface area contributed by atoms with E-state index in [4.69, 9.17) is 0 Å². The fraction of sp³-hybridized carbons (Fsp3) is 0.125. The molecule has 0 radical (unpaired) electrons. The van der Waals surface area contributed by atoms with Crippen molar-refractivity contribution in [2.24, 2.45) is 0 Å². The number of nitrogens with one attached hydrogen (secondary N) is 1. The van der Waals surface area contributed by atoms with Crippen molar-refractivity contribution in [3.05, 3.63) is 28.2 Å². The molecule has 0 aliphatic carbocycles. The van der Waals surface area contributed by atoms with E-state index in [1.165, 1.54) is 0 Å². The third kappa shape index (κ3) is 2.68. The van der Waals surface area contributed by atoms with Crippen LogP contribution in [0.2, 0.25) is 0 Å². The van der Waals surface area contributed by atoms with Gasteiger partial charge in [0.25, 0.3) is 0 Å². The standard InChI is InChI=1S/C8H6BrF2NOS/c9-4-1-5(10)8(6(11)2-4)12-7(13)3-14/h1-2,14H,3H2,(H,12,13). The van der Waals surface area contributed by atoms with Crippen molar-refractivity contribution < 1.29 is 13.6 Å². The molecule has 0 saturated carbocycles. The Morgan fingerprint density at radius 1 is 1.43 bits per heavy atom. The number of carbonyl (C=O) groups excluding carboxylic acids is 1. The molecule has 0 aliphatic heterocycles. The van der Waals surface area contributed by atoms with Gasteiger partial charge in [0.2, 0.25) is 5.91 Å². The Balaban J connectivity index is 3.02. The Kier molecular flexibility index (Phi) is 3.88. The van der Waals surface area contributed by atoms with Gasteiger partial charge in [-0.25, -0.2) is 8.78 Å². The molecule has 0 aromatic heterocycles. The highest BCUT2D eigenvalue weighted by molar-refractivity contribution is 9.10. The SMILES string of the molecule is O=C(CS)Nc1c(F)cc(Br)cc1F. The molecule has 0 spiro atoms. The van der Waals surface area contributed by atoms with Gasteiger partial charge in [-0.05, 0) is 12.1 Å². The molecule has 1 N–H and O–H groups in total. The van der Waals surface area contributed by atoms with Gasteiger partial charge in [0.15, 0.2) is 11.6 Å². The van der Waals surface area contributed by atoms with Crippen LogP contribution in [0.15, 0.2) is 16.6 Å². The molecule has 1 rings (SSSR count). The monoisotopic (exact) mass is 281 g/mol. The van der Waals surface area contributed by atoms with Gasteiger partial charge in [-0.2, -0.15) is 12.6 Å². The lowest BCUT2D eigenvalue weighted by Crippen LogP contribution is -2.15. The van der Waals surface area contributed by atoms with Crippen molar-refractivity contribution >= 4 is 40.2 Å². The summed E-state index contributed by atoms with van der Waals surface area (Å²) in [5, 5.41) is 2.07. The van der Waals surface area contributed by atoms with E-state index in [1.807, 2.05) is 0 Å². The van der Waals surface area contributed by atoms with Crippen LogP contribution in [0.25, 0.3) is 0 Å². The Morgan fingerprint density at radius 2 is 1.93 bits per heavy atom. The van der Waals surface area contributed by atoms with Crippen LogP contribution in [0.4, 0.5) is 14.5 Å². The second-order valence-corrected chi connectivity index (χ2v) is 3.68. The molecule has 0 atom stereocenters. The number of hydrogen-bond acceptors (Lipinski definition) is 2. The molecule has 2 nitrogen and oxygen atoms in total. The Morgan fingerprint density at radius 3 is 2.36 bits per heavy atom. The van der Waals surface area contributed by atoms with E-state index in [2.05, 4.69) is 33.9 Å². The minimum Gasteiger partial charge on any atom is -0.320 e. The molecule has 0 heterocycles. The zero-order chi connectivity index (χ0) is 10.7. The smallest absolute Gasteiger partial charge is 0.234 e. The highest BCUT2D eigenvalue weighted by Gasteiger charge is 2.12. The first-order chi connectivity index (χ1) is 6.54. The summed E-state index contributed by atoms with van der Waals surface area (Å²) in [4.78, 5) is 10.8. The number of rotatable bonds is 2. The van der Waals surface area contributed by atoms with Gasteiger partial charge in [0, 0.05) is 4.47 Å². The van der Waals surface area contributed by atoms with E-state index >= 15 is 0 Å². The summed E-state index contributed by atoms with van der Waals surface area (Å²) >= 11 is 6.59. The first-order valence-electron chi connectivity index (χ1n) is 3.60. The van der Waals surface area contributed by atoms with Gasteiger partial charge in [0.1, 0.15) is 5.69 Å². The summed E-state index contributed by atoms with van der Waals surface area (Å²) < 4.78 is 26.5. The van der Waals surface area contributed by atoms with Crippen LogP contribution in [0.3, 0.4) is 0 Å². The van der Waals surface area contributed by atoms with Crippen molar-refractivity contribution in [3.63, 3.8) is 0 Å². The van der Waals surface area contributed by atoms with E-state index in [0.29, 0.717) is 0 Å². The Bertz CT molecular complexity index is 349. The normalized spacial score (nSPS) is 10.0. The zero-order valence-electron chi connectivity index (χ0n) is 6.85. The van der Waals surface area contributed by atoms with Gasteiger partial charge in [-0.15, -0.1) is 0 Å². The molecule has 0 saturated heterocycles. The van der Waals surface area contributed by atoms with Gasteiger partial charge < -0.3 is 5.32 Å². The molecule has 0 aliphatic rings. The molecule has 0 bridgehead atoms. The number of anilines is 1. The summed E-state index contributed by atoms with van der Waals surface area (Å²) in [7, 11) is 0. The molecular formula is C8H6BrF2NOS. The van der Waals surface area contributed by atoms with Crippen LogP contribution in [0.1, 0.15) is 0 Å². The highest BCUT2D eigenvalue weighted by Crippen LogP contribution is 2.23. The first kappa shape index (κ1) is 11.5. The summed E-state index contributed by atoms with van der Waals surface area (Å²) in [6, 6.07) is 2.13. The van der Waals surface area contributed by atoms with Gasteiger partial charge in [-0.1, -0.05) is 15.9 Å². The van der Waals surface area contributed by atoms with Crippen molar-refractivity contribution in [3.8, 4) is 0 Å². The second-order valence-electron chi connectivity index (χ2n) is 2.45.